The normalized spacial score (nSPS) is 20.9. The smallest absolute Gasteiger partial charge is 0.286 e. The lowest BCUT2D eigenvalue weighted by molar-refractivity contribution is -0.166. The molecule has 1 aliphatic rings. The highest BCUT2D eigenvalue weighted by Crippen LogP contribution is 2.39. The number of carbonyl (C=O) groups is 1. The summed E-state index contributed by atoms with van der Waals surface area (Å²) in [5, 5.41) is 12.3. The molecule has 0 saturated carbocycles. The van der Waals surface area contributed by atoms with Crippen LogP contribution in [0.2, 0.25) is 0 Å². The molecular weight excluding hydrogens is 378 g/mol. The number of aliphatic hydroxyl groups excluding tert-OH is 1. The Hall–Kier alpha value is -2.63. The Balaban J connectivity index is 1.76. The fraction of sp³-hybridized carbons (Fsp3) is 0.400. The first-order chi connectivity index (χ1) is 14.7. The molecule has 160 valence electrons. The largest absolute Gasteiger partial charge is 0.459 e. The molecule has 0 radical (unpaired) electrons. The van der Waals surface area contributed by atoms with Gasteiger partial charge in [-0.1, -0.05) is 60.7 Å². The molecule has 30 heavy (non-hydrogen) atoms. The summed E-state index contributed by atoms with van der Waals surface area (Å²) in [7, 11) is 0. The molecular formula is C25H31NO4. The second-order valence-corrected chi connectivity index (χ2v) is 7.43. The van der Waals surface area contributed by atoms with Crippen LogP contribution < -0.4 is 5.32 Å². The summed E-state index contributed by atoms with van der Waals surface area (Å²) in [6.07, 6.45) is 3.56. The molecule has 0 aromatic heterocycles. The van der Waals surface area contributed by atoms with Gasteiger partial charge in [0.2, 0.25) is 6.29 Å². The minimum atomic E-state index is -0.522. The molecule has 5 nitrogen and oxygen atoms in total. The third kappa shape index (κ3) is 5.94. The highest BCUT2D eigenvalue weighted by Gasteiger charge is 2.37. The number of nitrogens with one attached hydrogen (secondary N) is 1. The number of aliphatic hydroxyl groups is 1. The molecule has 1 amide bonds. The predicted octanol–water partition coefficient (Wildman–Crippen LogP) is 3.79. The molecule has 2 N–H and O–H groups in total. The van der Waals surface area contributed by atoms with E-state index >= 15 is 0 Å². The Morgan fingerprint density at radius 3 is 2.47 bits per heavy atom. The number of rotatable bonds is 10. The molecule has 1 aliphatic heterocycles. The molecule has 3 rings (SSSR count). The number of hydrogen-bond donors (Lipinski definition) is 2. The van der Waals surface area contributed by atoms with Crippen molar-refractivity contribution < 1.29 is 19.4 Å². The van der Waals surface area contributed by atoms with Gasteiger partial charge in [0, 0.05) is 31.6 Å². The van der Waals surface area contributed by atoms with E-state index in [2.05, 4.69) is 17.4 Å². The number of amides is 1. The molecule has 0 aliphatic carbocycles. The van der Waals surface area contributed by atoms with Crippen LogP contribution in [0.25, 0.3) is 0 Å². The van der Waals surface area contributed by atoms with E-state index in [4.69, 9.17) is 9.47 Å². The SMILES string of the molecule is CCO[C@H]1OC(C(=O)NCCc2ccccc2)=C[C@@H](c2ccccc2)[C@H]1CCCO. The monoisotopic (exact) mass is 409 g/mol. The molecule has 2 aromatic rings. The number of ether oxygens (including phenoxy) is 2. The Kier molecular flexibility index (Phi) is 8.48. The van der Waals surface area contributed by atoms with Crippen LogP contribution in [0.3, 0.4) is 0 Å². The maximum absolute atomic E-state index is 12.8. The van der Waals surface area contributed by atoms with Gasteiger partial charge >= 0.3 is 0 Å². The number of benzene rings is 2. The van der Waals surface area contributed by atoms with E-state index in [1.807, 2.05) is 61.5 Å². The average molecular weight is 410 g/mol. The van der Waals surface area contributed by atoms with Crippen molar-refractivity contribution in [2.24, 2.45) is 5.92 Å². The lowest BCUT2D eigenvalue weighted by Gasteiger charge is -2.37. The summed E-state index contributed by atoms with van der Waals surface area (Å²) in [5.41, 5.74) is 2.29. The van der Waals surface area contributed by atoms with E-state index in [1.54, 1.807) is 0 Å². The van der Waals surface area contributed by atoms with E-state index in [9.17, 15) is 9.90 Å². The minimum absolute atomic E-state index is 0.0158. The summed E-state index contributed by atoms with van der Waals surface area (Å²) < 4.78 is 11.9. The molecule has 5 heteroatoms. The minimum Gasteiger partial charge on any atom is -0.459 e. The summed E-state index contributed by atoms with van der Waals surface area (Å²) in [6.45, 7) is 3.06. The Morgan fingerprint density at radius 2 is 1.80 bits per heavy atom. The van der Waals surface area contributed by atoms with E-state index in [0.29, 0.717) is 25.3 Å². The summed E-state index contributed by atoms with van der Waals surface area (Å²) >= 11 is 0. The van der Waals surface area contributed by atoms with Gasteiger partial charge in [0.15, 0.2) is 5.76 Å². The molecule has 1 heterocycles. The number of allylic oxidation sites excluding steroid dienone is 1. The lowest BCUT2D eigenvalue weighted by atomic mass is 9.80. The van der Waals surface area contributed by atoms with Crippen LogP contribution in [0.1, 0.15) is 36.8 Å². The molecule has 0 bridgehead atoms. The van der Waals surface area contributed by atoms with Crippen molar-refractivity contribution in [1.29, 1.82) is 0 Å². The third-order valence-corrected chi connectivity index (χ3v) is 5.36. The number of carbonyl (C=O) groups excluding carboxylic acids is 1. The topological polar surface area (TPSA) is 67.8 Å². The van der Waals surface area contributed by atoms with Crippen molar-refractivity contribution in [3.8, 4) is 0 Å². The van der Waals surface area contributed by atoms with Gasteiger partial charge in [0.1, 0.15) is 0 Å². The van der Waals surface area contributed by atoms with Gasteiger partial charge in [-0.2, -0.15) is 0 Å². The highest BCUT2D eigenvalue weighted by molar-refractivity contribution is 5.91. The van der Waals surface area contributed by atoms with Crippen LogP contribution >= 0.6 is 0 Å². The van der Waals surface area contributed by atoms with Crippen molar-refractivity contribution in [1.82, 2.24) is 5.32 Å². The zero-order valence-electron chi connectivity index (χ0n) is 17.5. The summed E-state index contributed by atoms with van der Waals surface area (Å²) in [6, 6.07) is 20.2. The average Bonchev–Trinajstić information content (AvgIpc) is 2.79. The van der Waals surface area contributed by atoms with Gasteiger partial charge in [-0.3, -0.25) is 4.79 Å². The summed E-state index contributed by atoms with van der Waals surface area (Å²) in [5.74, 6) is 0.0890. The first-order valence-electron chi connectivity index (χ1n) is 10.7. The van der Waals surface area contributed by atoms with Crippen LogP contribution in [0.4, 0.5) is 0 Å². The van der Waals surface area contributed by atoms with Crippen molar-refractivity contribution in [2.45, 2.75) is 38.4 Å². The van der Waals surface area contributed by atoms with Gasteiger partial charge in [-0.15, -0.1) is 0 Å². The van der Waals surface area contributed by atoms with Crippen molar-refractivity contribution in [2.75, 3.05) is 19.8 Å². The summed E-state index contributed by atoms with van der Waals surface area (Å²) in [4.78, 5) is 12.8. The maximum Gasteiger partial charge on any atom is 0.286 e. The Morgan fingerprint density at radius 1 is 1.10 bits per heavy atom. The third-order valence-electron chi connectivity index (χ3n) is 5.36. The van der Waals surface area contributed by atoms with Crippen LogP contribution in [0.15, 0.2) is 72.5 Å². The molecule has 0 unspecified atom stereocenters. The van der Waals surface area contributed by atoms with Crippen LogP contribution in [-0.2, 0) is 20.7 Å². The van der Waals surface area contributed by atoms with Gasteiger partial charge in [0.25, 0.3) is 5.91 Å². The van der Waals surface area contributed by atoms with E-state index in [-0.39, 0.29) is 24.3 Å². The second kappa shape index (κ2) is 11.5. The van der Waals surface area contributed by atoms with E-state index < -0.39 is 6.29 Å². The molecule has 2 aromatic carbocycles. The maximum atomic E-state index is 12.8. The van der Waals surface area contributed by atoms with Gasteiger partial charge in [-0.05, 0) is 43.4 Å². The molecule has 3 atom stereocenters. The number of hydrogen-bond acceptors (Lipinski definition) is 4. The Labute approximate surface area is 178 Å². The first-order valence-corrected chi connectivity index (χ1v) is 10.7. The molecule has 0 spiro atoms. The standard InChI is InChI=1S/C25H31NO4/c1-2-29-25-21(14-9-17-27)22(20-12-7-4-8-13-20)18-23(30-25)24(28)26-16-15-19-10-5-3-6-11-19/h3-8,10-13,18,21-22,25,27H,2,9,14-17H2,1H3,(H,26,28)/t21-,22+,25+/m1/s1. The van der Waals surface area contributed by atoms with E-state index in [0.717, 1.165) is 18.4 Å². The molecule has 0 saturated heterocycles. The zero-order chi connectivity index (χ0) is 21.2. The quantitative estimate of drug-likeness (QED) is 0.626. The zero-order valence-corrected chi connectivity index (χ0v) is 17.5. The van der Waals surface area contributed by atoms with Gasteiger partial charge in [0.05, 0.1) is 0 Å². The van der Waals surface area contributed by atoms with Crippen molar-refractivity contribution in [3.05, 3.63) is 83.6 Å². The second-order valence-electron chi connectivity index (χ2n) is 7.43. The van der Waals surface area contributed by atoms with Gasteiger partial charge < -0.3 is 19.9 Å². The van der Waals surface area contributed by atoms with Crippen molar-refractivity contribution >= 4 is 5.91 Å². The van der Waals surface area contributed by atoms with E-state index in [1.165, 1.54) is 5.56 Å². The Bertz CT molecular complexity index is 806. The lowest BCUT2D eigenvalue weighted by Crippen LogP contribution is -2.39. The highest BCUT2D eigenvalue weighted by atomic mass is 16.7. The van der Waals surface area contributed by atoms with Gasteiger partial charge in [-0.25, -0.2) is 0 Å². The fourth-order valence-electron chi connectivity index (χ4n) is 3.87. The van der Waals surface area contributed by atoms with Crippen LogP contribution in [0.5, 0.6) is 0 Å². The first kappa shape index (κ1) is 22.1. The predicted molar refractivity (Wildman–Crippen MR) is 117 cm³/mol. The van der Waals surface area contributed by atoms with Crippen LogP contribution in [0, 0.1) is 5.92 Å². The van der Waals surface area contributed by atoms with Crippen LogP contribution in [-0.4, -0.2) is 37.1 Å². The van der Waals surface area contributed by atoms with Crippen molar-refractivity contribution in [3.63, 3.8) is 0 Å². The fourth-order valence-corrected chi connectivity index (χ4v) is 3.87. The molecule has 0 fully saturated rings.